The highest BCUT2D eigenvalue weighted by Crippen LogP contribution is 2.26. The molecule has 0 fully saturated rings. The first kappa shape index (κ1) is 16.3. The summed E-state index contributed by atoms with van der Waals surface area (Å²) in [4.78, 5) is 19.7. The molecule has 126 valence electrons. The zero-order valence-electron chi connectivity index (χ0n) is 14.6. The molecule has 3 rings (SSSR count). The lowest BCUT2D eigenvalue weighted by Gasteiger charge is -2.06. The van der Waals surface area contributed by atoms with E-state index in [1.54, 1.807) is 6.20 Å². The molecular formula is C19H23N3O2. The zero-order valence-corrected chi connectivity index (χ0v) is 14.6. The molecule has 0 amide bonds. The average molecular weight is 325 g/mol. The Labute approximate surface area is 141 Å². The molecule has 0 saturated heterocycles. The zero-order chi connectivity index (χ0) is 17.3. The van der Waals surface area contributed by atoms with Crippen molar-refractivity contribution in [1.82, 2.24) is 14.5 Å². The highest BCUT2D eigenvalue weighted by atomic mass is 16.5. The van der Waals surface area contributed by atoms with E-state index in [4.69, 9.17) is 4.74 Å². The van der Waals surface area contributed by atoms with Gasteiger partial charge in [0.05, 0.1) is 6.61 Å². The maximum atomic E-state index is 12.3. The number of hydrogen-bond donors (Lipinski definition) is 1. The predicted octanol–water partition coefficient (Wildman–Crippen LogP) is 3.85. The van der Waals surface area contributed by atoms with Crippen molar-refractivity contribution < 1.29 is 9.53 Å². The van der Waals surface area contributed by atoms with E-state index in [9.17, 15) is 4.79 Å². The quantitative estimate of drug-likeness (QED) is 0.572. The van der Waals surface area contributed by atoms with Gasteiger partial charge in [-0.15, -0.1) is 0 Å². The molecule has 0 bridgehead atoms. The number of carbonyl (C=O) groups is 1. The molecule has 2 heterocycles. The average Bonchev–Trinajstić information content (AvgIpc) is 3.16. The Morgan fingerprint density at radius 3 is 2.71 bits per heavy atom. The molecule has 0 unspecified atom stereocenters. The summed E-state index contributed by atoms with van der Waals surface area (Å²) in [6, 6.07) is 4.04. The van der Waals surface area contributed by atoms with Gasteiger partial charge < -0.3 is 14.3 Å². The van der Waals surface area contributed by atoms with Crippen LogP contribution in [0.5, 0.6) is 0 Å². The maximum absolute atomic E-state index is 12.3. The predicted molar refractivity (Wildman–Crippen MR) is 94.4 cm³/mol. The number of nitrogens with one attached hydrogen (secondary N) is 1. The summed E-state index contributed by atoms with van der Waals surface area (Å²) >= 11 is 0. The van der Waals surface area contributed by atoms with Gasteiger partial charge in [-0.05, 0) is 56.9 Å². The molecule has 0 spiro atoms. The maximum Gasteiger partial charge on any atom is 0.354 e. The van der Waals surface area contributed by atoms with Crippen LogP contribution in [0, 0.1) is 27.7 Å². The number of hydrogen-bond acceptors (Lipinski definition) is 3. The fourth-order valence-corrected chi connectivity index (χ4v) is 3.00. The minimum Gasteiger partial charge on any atom is -0.461 e. The Morgan fingerprint density at radius 2 is 2.00 bits per heavy atom. The highest BCUT2D eigenvalue weighted by Gasteiger charge is 2.14. The largest absolute Gasteiger partial charge is 0.461 e. The number of fused-ring (bicyclic) bond motifs is 1. The smallest absolute Gasteiger partial charge is 0.354 e. The van der Waals surface area contributed by atoms with Crippen LogP contribution in [0.4, 0.5) is 0 Å². The van der Waals surface area contributed by atoms with Crippen molar-refractivity contribution in [1.29, 1.82) is 0 Å². The fourth-order valence-electron chi connectivity index (χ4n) is 3.00. The molecular weight excluding hydrogens is 302 g/mol. The van der Waals surface area contributed by atoms with Crippen LogP contribution in [0.15, 0.2) is 24.5 Å². The van der Waals surface area contributed by atoms with Gasteiger partial charge in [-0.1, -0.05) is 6.07 Å². The molecule has 5 heteroatoms. The third-order valence-electron chi connectivity index (χ3n) is 4.56. The van der Waals surface area contributed by atoms with Gasteiger partial charge in [0.2, 0.25) is 0 Å². The van der Waals surface area contributed by atoms with E-state index in [1.807, 2.05) is 23.8 Å². The number of esters is 1. The van der Waals surface area contributed by atoms with Gasteiger partial charge in [-0.25, -0.2) is 9.78 Å². The molecule has 0 saturated carbocycles. The van der Waals surface area contributed by atoms with Crippen molar-refractivity contribution in [2.45, 2.75) is 40.7 Å². The Hall–Kier alpha value is -2.56. The van der Waals surface area contributed by atoms with Gasteiger partial charge in [0.25, 0.3) is 0 Å². The minimum absolute atomic E-state index is 0.301. The number of aromatic nitrogens is 3. The fraction of sp³-hybridized carbons (Fsp3) is 0.368. The molecule has 0 aliphatic carbocycles. The Morgan fingerprint density at radius 1 is 1.21 bits per heavy atom. The summed E-state index contributed by atoms with van der Waals surface area (Å²) in [6.45, 7) is 9.36. The summed E-state index contributed by atoms with van der Waals surface area (Å²) < 4.78 is 7.45. The third kappa shape index (κ3) is 3.07. The van der Waals surface area contributed by atoms with Gasteiger partial charge in [-0.3, -0.25) is 0 Å². The molecule has 0 aliphatic heterocycles. The summed E-state index contributed by atoms with van der Waals surface area (Å²) in [6.07, 6.45) is 4.47. The number of benzene rings is 1. The molecule has 0 radical (unpaired) electrons. The second kappa shape index (κ2) is 6.51. The molecule has 2 aromatic heterocycles. The first-order chi connectivity index (χ1) is 11.5. The van der Waals surface area contributed by atoms with Crippen LogP contribution in [-0.2, 0) is 11.3 Å². The first-order valence-corrected chi connectivity index (χ1v) is 8.21. The molecule has 1 aromatic carbocycles. The van der Waals surface area contributed by atoms with E-state index in [2.05, 4.69) is 36.8 Å². The van der Waals surface area contributed by atoms with Gasteiger partial charge in [0.15, 0.2) is 0 Å². The van der Waals surface area contributed by atoms with Crippen LogP contribution >= 0.6 is 0 Å². The van der Waals surface area contributed by atoms with Crippen LogP contribution in [0.25, 0.3) is 10.9 Å². The van der Waals surface area contributed by atoms with E-state index in [-0.39, 0.29) is 5.97 Å². The highest BCUT2D eigenvalue weighted by molar-refractivity contribution is 5.97. The third-order valence-corrected chi connectivity index (χ3v) is 4.56. The second-order valence-corrected chi connectivity index (χ2v) is 6.26. The molecule has 0 atom stereocenters. The van der Waals surface area contributed by atoms with Crippen LogP contribution in [0.2, 0.25) is 0 Å². The summed E-state index contributed by atoms with van der Waals surface area (Å²) in [5, 5.41) is 1.08. The number of rotatable bonds is 5. The SMILES string of the molecule is Cc1cc(C)c2cc(C(=O)OCCCn3ccnc3C)[nH]c2c1C. The number of ether oxygens (including phenoxy) is 1. The van der Waals surface area contributed by atoms with Gasteiger partial charge in [-0.2, -0.15) is 0 Å². The summed E-state index contributed by atoms with van der Waals surface area (Å²) in [7, 11) is 0. The van der Waals surface area contributed by atoms with Crippen molar-refractivity contribution in [2.75, 3.05) is 6.61 Å². The number of imidazole rings is 1. The van der Waals surface area contributed by atoms with Crippen LogP contribution in [-0.4, -0.2) is 27.1 Å². The monoisotopic (exact) mass is 325 g/mol. The summed E-state index contributed by atoms with van der Waals surface area (Å²) in [5.41, 5.74) is 5.09. The Bertz CT molecular complexity index is 890. The number of aryl methyl sites for hydroxylation is 5. The van der Waals surface area contributed by atoms with Crippen LogP contribution in [0.3, 0.4) is 0 Å². The topological polar surface area (TPSA) is 59.9 Å². The van der Waals surface area contributed by atoms with Crippen molar-refractivity contribution in [3.63, 3.8) is 0 Å². The normalized spacial score (nSPS) is 11.2. The molecule has 5 nitrogen and oxygen atoms in total. The van der Waals surface area contributed by atoms with E-state index in [0.29, 0.717) is 12.3 Å². The van der Waals surface area contributed by atoms with E-state index < -0.39 is 0 Å². The minimum atomic E-state index is -0.301. The van der Waals surface area contributed by atoms with Crippen molar-refractivity contribution in [3.05, 3.63) is 52.7 Å². The van der Waals surface area contributed by atoms with Gasteiger partial charge in [0.1, 0.15) is 11.5 Å². The van der Waals surface area contributed by atoms with Crippen molar-refractivity contribution in [2.24, 2.45) is 0 Å². The lowest BCUT2D eigenvalue weighted by atomic mass is 10.0. The van der Waals surface area contributed by atoms with E-state index in [1.165, 1.54) is 16.7 Å². The Kier molecular flexibility index (Phi) is 4.42. The van der Waals surface area contributed by atoms with Gasteiger partial charge in [0, 0.05) is 29.8 Å². The van der Waals surface area contributed by atoms with Gasteiger partial charge >= 0.3 is 5.97 Å². The van der Waals surface area contributed by atoms with Crippen molar-refractivity contribution in [3.8, 4) is 0 Å². The Balaban J connectivity index is 1.65. The number of H-pyrrole nitrogens is 1. The lowest BCUT2D eigenvalue weighted by molar-refractivity contribution is 0.0490. The van der Waals surface area contributed by atoms with Crippen LogP contribution < -0.4 is 0 Å². The van der Waals surface area contributed by atoms with Crippen LogP contribution in [0.1, 0.15) is 39.4 Å². The molecule has 24 heavy (non-hydrogen) atoms. The standard InChI is InChI=1S/C19H23N3O2/c1-12-10-13(2)16-11-17(21-18(16)14(12)3)19(23)24-9-5-7-22-8-6-20-15(22)4/h6,8,10-11,21H,5,7,9H2,1-4H3. The molecule has 1 N–H and O–H groups in total. The number of nitrogens with zero attached hydrogens (tertiary/aromatic N) is 2. The van der Waals surface area contributed by atoms with Crippen molar-refractivity contribution >= 4 is 16.9 Å². The second-order valence-electron chi connectivity index (χ2n) is 6.26. The number of carbonyl (C=O) groups excluding carboxylic acids is 1. The van der Waals surface area contributed by atoms with E-state index >= 15 is 0 Å². The lowest BCUT2D eigenvalue weighted by Crippen LogP contribution is -2.09. The molecule has 0 aliphatic rings. The summed E-state index contributed by atoms with van der Waals surface area (Å²) in [5.74, 6) is 0.670. The molecule has 3 aromatic rings. The first-order valence-electron chi connectivity index (χ1n) is 8.21. The van der Waals surface area contributed by atoms with E-state index in [0.717, 1.165) is 29.7 Å². The number of aromatic amines is 1.